The van der Waals surface area contributed by atoms with Crippen LogP contribution in [-0.2, 0) is 19.3 Å². The molecular formula is C16H14BrN3S. The smallest absolute Gasteiger partial charge is 0.136 e. The third-order valence-corrected chi connectivity index (χ3v) is 5.57. The molecule has 21 heavy (non-hydrogen) atoms. The Morgan fingerprint density at radius 2 is 2.14 bits per heavy atom. The lowest BCUT2D eigenvalue weighted by Crippen LogP contribution is -2.01. The van der Waals surface area contributed by atoms with Crippen molar-refractivity contribution < 1.29 is 0 Å². The van der Waals surface area contributed by atoms with Crippen molar-refractivity contribution in [3.63, 3.8) is 0 Å². The average molecular weight is 360 g/mol. The number of fused-ring (bicyclic) bond motifs is 3. The fourth-order valence-corrected chi connectivity index (χ4v) is 4.71. The molecule has 0 saturated carbocycles. The molecule has 0 saturated heterocycles. The number of anilines is 1. The van der Waals surface area contributed by atoms with Crippen LogP contribution in [0.5, 0.6) is 0 Å². The van der Waals surface area contributed by atoms with Crippen molar-refractivity contribution in [1.82, 2.24) is 9.97 Å². The van der Waals surface area contributed by atoms with Crippen LogP contribution in [0.25, 0.3) is 10.2 Å². The number of rotatable bonds is 2. The molecule has 4 rings (SSSR count). The molecule has 2 N–H and O–H groups in total. The van der Waals surface area contributed by atoms with E-state index in [1.165, 1.54) is 22.4 Å². The largest absolute Gasteiger partial charge is 0.383 e. The van der Waals surface area contributed by atoms with Gasteiger partial charge in [0.25, 0.3) is 0 Å². The predicted octanol–water partition coefficient (Wildman–Crippen LogP) is 4.12. The summed E-state index contributed by atoms with van der Waals surface area (Å²) in [7, 11) is 0. The van der Waals surface area contributed by atoms with E-state index in [1.54, 1.807) is 11.3 Å². The van der Waals surface area contributed by atoms with E-state index in [4.69, 9.17) is 10.7 Å². The standard InChI is InChI=1S/C16H14BrN3S/c17-10-4-1-3-9(7-10)8-13-19-15(18)14-11-5-2-6-12(11)21-16(14)20-13/h1,3-4,7H,2,5-6,8H2,(H2,18,19,20). The van der Waals surface area contributed by atoms with E-state index >= 15 is 0 Å². The molecule has 2 aromatic heterocycles. The summed E-state index contributed by atoms with van der Waals surface area (Å²) < 4.78 is 1.07. The summed E-state index contributed by atoms with van der Waals surface area (Å²) in [5.74, 6) is 1.45. The van der Waals surface area contributed by atoms with Gasteiger partial charge in [-0.1, -0.05) is 28.1 Å². The first-order chi connectivity index (χ1) is 10.2. The summed E-state index contributed by atoms with van der Waals surface area (Å²) in [6, 6.07) is 8.23. The molecule has 0 spiro atoms. The first-order valence-electron chi connectivity index (χ1n) is 7.02. The molecule has 0 bridgehead atoms. The van der Waals surface area contributed by atoms with Crippen LogP contribution >= 0.6 is 27.3 Å². The number of hydrogen-bond donors (Lipinski definition) is 1. The summed E-state index contributed by atoms with van der Waals surface area (Å²) in [4.78, 5) is 11.8. The molecule has 5 heteroatoms. The van der Waals surface area contributed by atoms with Crippen LogP contribution in [-0.4, -0.2) is 9.97 Å². The van der Waals surface area contributed by atoms with Crippen LogP contribution < -0.4 is 5.73 Å². The van der Waals surface area contributed by atoms with Gasteiger partial charge in [-0.3, -0.25) is 0 Å². The van der Waals surface area contributed by atoms with Gasteiger partial charge in [-0.25, -0.2) is 9.97 Å². The summed E-state index contributed by atoms with van der Waals surface area (Å²) >= 11 is 5.28. The second-order valence-electron chi connectivity index (χ2n) is 5.37. The number of benzene rings is 1. The minimum Gasteiger partial charge on any atom is -0.383 e. The maximum atomic E-state index is 6.20. The topological polar surface area (TPSA) is 51.8 Å². The average Bonchev–Trinajstić information content (AvgIpc) is 2.98. The number of aryl methyl sites for hydroxylation is 2. The molecule has 0 atom stereocenters. The maximum absolute atomic E-state index is 6.20. The maximum Gasteiger partial charge on any atom is 0.136 e. The Morgan fingerprint density at radius 1 is 1.24 bits per heavy atom. The quantitative estimate of drug-likeness (QED) is 0.748. The number of nitrogen functional groups attached to an aromatic ring is 1. The number of nitrogens with two attached hydrogens (primary N) is 1. The third-order valence-electron chi connectivity index (χ3n) is 3.89. The normalized spacial score (nSPS) is 13.8. The zero-order valence-corrected chi connectivity index (χ0v) is 13.8. The Bertz CT molecular complexity index is 841. The molecular weight excluding hydrogens is 346 g/mol. The van der Waals surface area contributed by atoms with Crippen LogP contribution in [0.1, 0.15) is 28.2 Å². The van der Waals surface area contributed by atoms with Crippen LogP contribution in [0.4, 0.5) is 5.82 Å². The summed E-state index contributed by atoms with van der Waals surface area (Å²) in [6.45, 7) is 0. The monoisotopic (exact) mass is 359 g/mol. The second kappa shape index (κ2) is 5.07. The van der Waals surface area contributed by atoms with Gasteiger partial charge in [-0.2, -0.15) is 0 Å². The molecule has 3 nitrogen and oxygen atoms in total. The SMILES string of the molecule is Nc1nc(Cc2cccc(Br)c2)nc2sc3c(c12)CCC3. The highest BCUT2D eigenvalue weighted by atomic mass is 79.9. The highest BCUT2D eigenvalue weighted by molar-refractivity contribution is 9.10. The van der Waals surface area contributed by atoms with Gasteiger partial charge in [0.15, 0.2) is 0 Å². The Kier molecular flexibility index (Phi) is 3.19. The van der Waals surface area contributed by atoms with Crippen LogP contribution in [0.15, 0.2) is 28.7 Å². The van der Waals surface area contributed by atoms with E-state index in [0.717, 1.165) is 33.4 Å². The number of nitrogens with zero attached hydrogens (tertiary/aromatic N) is 2. The molecule has 0 amide bonds. The van der Waals surface area contributed by atoms with Crippen molar-refractivity contribution >= 4 is 43.3 Å². The van der Waals surface area contributed by atoms with Crippen molar-refractivity contribution in [2.75, 3.05) is 5.73 Å². The summed E-state index contributed by atoms with van der Waals surface area (Å²) in [5, 5.41) is 1.10. The molecule has 0 aliphatic heterocycles. The summed E-state index contributed by atoms with van der Waals surface area (Å²) in [6.07, 6.45) is 4.23. The van der Waals surface area contributed by atoms with Crippen molar-refractivity contribution in [1.29, 1.82) is 0 Å². The fourth-order valence-electron chi connectivity index (χ4n) is 2.98. The van der Waals surface area contributed by atoms with Crippen molar-refractivity contribution in [3.05, 3.63) is 50.6 Å². The van der Waals surface area contributed by atoms with E-state index < -0.39 is 0 Å². The van der Waals surface area contributed by atoms with E-state index in [9.17, 15) is 0 Å². The first-order valence-corrected chi connectivity index (χ1v) is 8.63. The highest BCUT2D eigenvalue weighted by Gasteiger charge is 2.21. The first kappa shape index (κ1) is 13.2. The van der Waals surface area contributed by atoms with Crippen molar-refractivity contribution in [2.24, 2.45) is 0 Å². The molecule has 0 unspecified atom stereocenters. The van der Waals surface area contributed by atoms with E-state index in [2.05, 4.69) is 33.0 Å². The number of halogens is 1. The van der Waals surface area contributed by atoms with Gasteiger partial charge >= 0.3 is 0 Å². The van der Waals surface area contributed by atoms with Gasteiger partial charge in [-0.05, 0) is 42.5 Å². The lowest BCUT2D eigenvalue weighted by molar-refractivity contribution is 0.916. The van der Waals surface area contributed by atoms with Crippen molar-refractivity contribution in [3.8, 4) is 0 Å². The number of aromatic nitrogens is 2. The zero-order chi connectivity index (χ0) is 14.4. The number of hydrogen-bond acceptors (Lipinski definition) is 4. The second-order valence-corrected chi connectivity index (χ2v) is 7.37. The minimum absolute atomic E-state index is 0.643. The molecule has 3 aromatic rings. The van der Waals surface area contributed by atoms with Gasteiger partial charge in [0.05, 0.1) is 5.39 Å². The zero-order valence-electron chi connectivity index (χ0n) is 11.4. The van der Waals surface area contributed by atoms with E-state index in [1.807, 2.05) is 12.1 Å². The van der Waals surface area contributed by atoms with Gasteiger partial charge in [0, 0.05) is 15.8 Å². The Labute approximate surface area is 135 Å². The van der Waals surface area contributed by atoms with Gasteiger partial charge < -0.3 is 5.73 Å². The lowest BCUT2D eigenvalue weighted by atomic mass is 10.1. The number of thiophene rings is 1. The predicted molar refractivity (Wildman–Crippen MR) is 90.8 cm³/mol. The molecule has 0 radical (unpaired) electrons. The molecule has 2 heterocycles. The van der Waals surface area contributed by atoms with Gasteiger partial charge in [0.1, 0.15) is 16.5 Å². The Morgan fingerprint density at radius 3 is 3.00 bits per heavy atom. The van der Waals surface area contributed by atoms with Crippen LogP contribution in [0.2, 0.25) is 0 Å². The van der Waals surface area contributed by atoms with E-state index in [-0.39, 0.29) is 0 Å². The summed E-state index contributed by atoms with van der Waals surface area (Å²) in [5.41, 5.74) is 8.78. The van der Waals surface area contributed by atoms with Crippen LogP contribution in [0.3, 0.4) is 0 Å². The van der Waals surface area contributed by atoms with Crippen LogP contribution in [0, 0.1) is 0 Å². The van der Waals surface area contributed by atoms with Gasteiger partial charge in [0.2, 0.25) is 0 Å². The van der Waals surface area contributed by atoms with Crippen molar-refractivity contribution in [2.45, 2.75) is 25.7 Å². The highest BCUT2D eigenvalue weighted by Crippen LogP contribution is 2.38. The van der Waals surface area contributed by atoms with Gasteiger partial charge in [-0.15, -0.1) is 11.3 Å². The Balaban J connectivity index is 1.77. The molecule has 0 fully saturated rings. The third kappa shape index (κ3) is 2.34. The molecule has 106 valence electrons. The van der Waals surface area contributed by atoms with E-state index in [0.29, 0.717) is 12.2 Å². The lowest BCUT2D eigenvalue weighted by Gasteiger charge is -2.04. The molecule has 1 aliphatic rings. The Hall–Kier alpha value is -1.46. The molecule has 1 aliphatic carbocycles. The molecule has 1 aromatic carbocycles. The minimum atomic E-state index is 0.643. The fraction of sp³-hybridized carbons (Fsp3) is 0.250.